The van der Waals surface area contributed by atoms with Crippen molar-refractivity contribution >= 4 is 38.4 Å². The number of hydrogen-bond donors (Lipinski definition) is 1. The molecule has 1 aromatic carbocycles. The first-order chi connectivity index (χ1) is 13.2. The summed E-state index contributed by atoms with van der Waals surface area (Å²) in [7, 11) is 0. The van der Waals surface area contributed by atoms with Crippen molar-refractivity contribution in [1.29, 1.82) is 0 Å². The van der Waals surface area contributed by atoms with E-state index >= 15 is 0 Å². The maximum Gasteiger partial charge on any atom is 0.357 e. The number of nitrogens with one attached hydrogen (secondary N) is 1. The predicted octanol–water partition coefficient (Wildman–Crippen LogP) is 3.38. The minimum atomic E-state index is -0.544. The largest absolute Gasteiger partial charge is 0.453 e. The first-order valence-corrected chi connectivity index (χ1v) is 9.57. The van der Waals surface area contributed by atoms with Crippen molar-refractivity contribution in [3.05, 3.63) is 68.7 Å². The van der Waals surface area contributed by atoms with Crippen LogP contribution in [0.4, 0.5) is 0 Å². The van der Waals surface area contributed by atoms with E-state index in [0.29, 0.717) is 11.2 Å². The molecule has 0 amide bonds. The fourth-order valence-electron chi connectivity index (χ4n) is 3.50. The number of aromatic amines is 1. The smallest absolute Gasteiger partial charge is 0.357 e. The molecule has 0 unspecified atom stereocenters. The monoisotopic (exact) mass is 377 g/mol. The number of aromatic nitrogens is 3. The second kappa shape index (κ2) is 6.28. The Balaban J connectivity index is 1.39. The number of carbonyl (C=O) groups is 1. The van der Waals surface area contributed by atoms with Crippen LogP contribution in [0.3, 0.4) is 0 Å². The predicted molar refractivity (Wildman–Crippen MR) is 103 cm³/mol. The Labute approximate surface area is 157 Å². The van der Waals surface area contributed by atoms with Gasteiger partial charge in [-0.25, -0.2) is 14.8 Å². The lowest BCUT2D eigenvalue weighted by Gasteiger charge is -2.05. The summed E-state index contributed by atoms with van der Waals surface area (Å²) in [4.78, 5) is 38.3. The topological polar surface area (TPSA) is 84.9 Å². The van der Waals surface area contributed by atoms with Crippen molar-refractivity contribution in [2.45, 2.75) is 25.9 Å². The molecule has 4 aromatic rings. The minimum Gasteiger partial charge on any atom is -0.453 e. The summed E-state index contributed by atoms with van der Waals surface area (Å²) in [5.74, 6) is -0.196. The number of thiophene rings is 1. The zero-order valence-corrected chi connectivity index (χ0v) is 15.1. The van der Waals surface area contributed by atoms with E-state index in [1.807, 2.05) is 30.3 Å². The van der Waals surface area contributed by atoms with E-state index in [1.54, 1.807) is 17.4 Å². The van der Waals surface area contributed by atoms with Crippen LogP contribution >= 0.6 is 11.3 Å². The molecule has 3 aromatic heterocycles. The molecule has 1 aliphatic rings. The van der Waals surface area contributed by atoms with Gasteiger partial charge in [0.25, 0.3) is 5.56 Å². The van der Waals surface area contributed by atoms with E-state index in [-0.39, 0.29) is 17.9 Å². The van der Waals surface area contributed by atoms with Gasteiger partial charge in [-0.05, 0) is 37.0 Å². The highest BCUT2D eigenvalue weighted by atomic mass is 32.1. The molecular formula is C20H15N3O3S. The van der Waals surface area contributed by atoms with E-state index in [4.69, 9.17) is 4.74 Å². The summed E-state index contributed by atoms with van der Waals surface area (Å²) in [6, 6.07) is 11.0. The molecule has 0 spiro atoms. The van der Waals surface area contributed by atoms with Crippen molar-refractivity contribution in [2.75, 3.05) is 0 Å². The summed E-state index contributed by atoms with van der Waals surface area (Å²) in [5.41, 5.74) is 1.93. The third-order valence-electron chi connectivity index (χ3n) is 4.77. The van der Waals surface area contributed by atoms with Gasteiger partial charge in [-0.3, -0.25) is 4.79 Å². The lowest BCUT2D eigenvalue weighted by molar-refractivity contribution is 0.0456. The number of esters is 1. The van der Waals surface area contributed by atoms with E-state index in [0.717, 1.165) is 40.6 Å². The van der Waals surface area contributed by atoms with Crippen molar-refractivity contribution in [1.82, 2.24) is 15.0 Å². The standard InChI is InChI=1S/C20H15N3O3S/c24-18-17-12-5-3-7-15(12)27-19(17)23-16(22-18)10-26-20(25)14-9-8-11-4-1-2-6-13(11)21-14/h1-2,4,6,8-9H,3,5,7,10H2,(H,22,23,24). The van der Waals surface area contributed by atoms with Gasteiger partial charge in [0.15, 0.2) is 0 Å². The Bertz CT molecular complexity index is 1260. The number of nitrogens with zero attached hydrogens (tertiary/aromatic N) is 2. The second-order valence-corrected chi connectivity index (χ2v) is 7.60. The van der Waals surface area contributed by atoms with E-state index < -0.39 is 5.97 Å². The molecule has 0 bridgehead atoms. The van der Waals surface area contributed by atoms with Crippen LogP contribution in [0.5, 0.6) is 0 Å². The molecule has 27 heavy (non-hydrogen) atoms. The van der Waals surface area contributed by atoms with Crippen LogP contribution < -0.4 is 5.56 Å². The fourth-order valence-corrected chi connectivity index (χ4v) is 4.78. The van der Waals surface area contributed by atoms with Crippen LogP contribution in [-0.2, 0) is 24.2 Å². The van der Waals surface area contributed by atoms with Gasteiger partial charge < -0.3 is 9.72 Å². The van der Waals surface area contributed by atoms with Crippen LogP contribution in [0.1, 0.15) is 33.2 Å². The number of benzene rings is 1. The number of ether oxygens (including phenoxy) is 1. The molecule has 0 radical (unpaired) electrons. The van der Waals surface area contributed by atoms with Gasteiger partial charge in [0, 0.05) is 10.3 Å². The molecule has 0 aliphatic heterocycles. The van der Waals surface area contributed by atoms with Crippen LogP contribution in [0.15, 0.2) is 41.2 Å². The first kappa shape index (κ1) is 16.1. The van der Waals surface area contributed by atoms with Gasteiger partial charge in [-0.15, -0.1) is 11.3 Å². The van der Waals surface area contributed by atoms with Gasteiger partial charge >= 0.3 is 5.97 Å². The van der Waals surface area contributed by atoms with Crippen LogP contribution in [0.25, 0.3) is 21.1 Å². The van der Waals surface area contributed by atoms with Gasteiger partial charge in [-0.1, -0.05) is 24.3 Å². The number of H-pyrrole nitrogens is 1. The van der Waals surface area contributed by atoms with Crippen LogP contribution in [0.2, 0.25) is 0 Å². The Morgan fingerprint density at radius 1 is 1.15 bits per heavy atom. The second-order valence-electron chi connectivity index (χ2n) is 6.52. The number of rotatable bonds is 3. The summed E-state index contributed by atoms with van der Waals surface area (Å²) in [6.07, 6.45) is 3.03. The lowest BCUT2D eigenvalue weighted by atomic mass is 10.2. The Hall–Kier alpha value is -3.06. The quantitative estimate of drug-likeness (QED) is 0.553. The van der Waals surface area contributed by atoms with Crippen molar-refractivity contribution in [3.63, 3.8) is 0 Å². The molecule has 0 atom stereocenters. The fraction of sp³-hybridized carbons (Fsp3) is 0.200. The Morgan fingerprint density at radius 2 is 2.04 bits per heavy atom. The van der Waals surface area contributed by atoms with Crippen molar-refractivity contribution < 1.29 is 9.53 Å². The Kier molecular flexibility index (Phi) is 3.75. The third-order valence-corrected chi connectivity index (χ3v) is 5.96. The number of carbonyl (C=O) groups excluding carboxylic acids is 1. The molecule has 5 rings (SSSR count). The van der Waals surface area contributed by atoms with Gasteiger partial charge in [0.1, 0.15) is 23.0 Å². The summed E-state index contributed by atoms with van der Waals surface area (Å²) in [6.45, 7) is -0.0961. The molecule has 6 nitrogen and oxygen atoms in total. The van der Waals surface area contributed by atoms with Gasteiger partial charge in [-0.2, -0.15) is 0 Å². The molecule has 0 fully saturated rings. The van der Waals surface area contributed by atoms with Gasteiger partial charge in [0.05, 0.1) is 10.9 Å². The zero-order valence-electron chi connectivity index (χ0n) is 14.3. The Morgan fingerprint density at radius 3 is 2.96 bits per heavy atom. The molecule has 0 saturated heterocycles. The number of fused-ring (bicyclic) bond motifs is 4. The molecule has 1 N–H and O–H groups in total. The maximum atomic E-state index is 12.4. The number of pyridine rings is 1. The van der Waals surface area contributed by atoms with E-state index in [1.165, 1.54) is 4.88 Å². The van der Waals surface area contributed by atoms with Crippen molar-refractivity contribution in [3.8, 4) is 0 Å². The van der Waals surface area contributed by atoms with E-state index in [2.05, 4.69) is 15.0 Å². The lowest BCUT2D eigenvalue weighted by Crippen LogP contribution is -2.15. The molecule has 1 aliphatic carbocycles. The van der Waals surface area contributed by atoms with Crippen LogP contribution in [-0.4, -0.2) is 20.9 Å². The molecule has 134 valence electrons. The number of hydrogen-bond acceptors (Lipinski definition) is 6. The zero-order chi connectivity index (χ0) is 18.4. The number of para-hydroxylation sites is 1. The third kappa shape index (κ3) is 2.80. The minimum absolute atomic E-state index is 0.0961. The average Bonchev–Trinajstić information content (AvgIpc) is 3.26. The highest BCUT2D eigenvalue weighted by Gasteiger charge is 2.21. The highest BCUT2D eigenvalue weighted by Crippen LogP contribution is 2.34. The highest BCUT2D eigenvalue weighted by molar-refractivity contribution is 7.18. The summed E-state index contributed by atoms with van der Waals surface area (Å²) < 4.78 is 5.31. The normalized spacial score (nSPS) is 13.2. The molecule has 0 saturated carbocycles. The summed E-state index contributed by atoms with van der Waals surface area (Å²) in [5, 5.41) is 1.65. The van der Waals surface area contributed by atoms with Gasteiger partial charge in [0.2, 0.25) is 0 Å². The van der Waals surface area contributed by atoms with E-state index in [9.17, 15) is 9.59 Å². The molecular weight excluding hydrogens is 362 g/mol. The average molecular weight is 377 g/mol. The molecule has 3 heterocycles. The van der Waals surface area contributed by atoms with Crippen LogP contribution in [0, 0.1) is 0 Å². The summed E-state index contributed by atoms with van der Waals surface area (Å²) >= 11 is 1.56. The van der Waals surface area contributed by atoms with Crippen molar-refractivity contribution in [2.24, 2.45) is 0 Å². The first-order valence-electron chi connectivity index (χ1n) is 8.75. The molecule has 7 heteroatoms. The number of aryl methyl sites for hydroxylation is 2. The SMILES string of the molecule is O=C(OCc1nc2sc3c(c2c(=O)[nH]1)CCC3)c1ccc2ccccc2n1. The maximum absolute atomic E-state index is 12.4.